The van der Waals surface area contributed by atoms with Crippen LogP contribution in [0.25, 0.3) is 0 Å². The van der Waals surface area contributed by atoms with Crippen LogP contribution in [0.15, 0.2) is 57.9 Å². The maximum absolute atomic E-state index is 12.2. The molecule has 0 fully saturated rings. The Morgan fingerprint density at radius 3 is 2.30 bits per heavy atom. The minimum atomic E-state index is -3.47. The van der Waals surface area contributed by atoms with Gasteiger partial charge in [0.1, 0.15) is 0 Å². The van der Waals surface area contributed by atoms with Crippen LogP contribution in [0, 0.1) is 0 Å². The molecule has 0 unspecified atom stereocenters. The Balaban J connectivity index is 1.86. The maximum atomic E-state index is 12.2. The molecule has 23 heavy (non-hydrogen) atoms. The van der Waals surface area contributed by atoms with Gasteiger partial charge in [-0.15, -0.1) is 0 Å². The Labute approximate surface area is 146 Å². The first-order chi connectivity index (χ1) is 10.9. The molecule has 0 heterocycles. The second kappa shape index (κ2) is 7.95. The summed E-state index contributed by atoms with van der Waals surface area (Å²) in [7, 11) is 0.544. The molecule has 2 aromatic carbocycles. The van der Waals surface area contributed by atoms with Crippen LogP contribution in [0.5, 0.6) is 0 Å². The largest absolute Gasteiger partial charge is 0.378 e. The van der Waals surface area contributed by atoms with Crippen LogP contribution < -0.4 is 9.62 Å². The van der Waals surface area contributed by atoms with E-state index in [9.17, 15) is 8.42 Å². The second-order valence-electron chi connectivity index (χ2n) is 5.49. The molecule has 0 aromatic heterocycles. The van der Waals surface area contributed by atoms with Crippen molar-refractivity contribution in [3.8, 4) is 0 Å². The van der Waals surface area contributed by atoms with Gasteiger partial charge in [0.15, 0.2) is 0 Å². The smallest absolute Gasteiger partial charge is 0.241 e. The average molecular weight is 397 g/mol. The van der Waals surface area contributed by atoms with Gasteiger partial charge in [0.05, 0.1) is 4.90 Å². The minimum Gasteiger partial charge on any atom is -0.378 e. The number of hydrogen-bond donors (Lipinski definition) is 1. The molecule has 4 nitrogen and oxygen atoms in total. The highest BCUT2D eigenvalue weighted by atomic mass is 79.9. The molecule has 0 atom stereocenters. The number of anilines is 1. The van der Waals surface area contributed by atoms with E-state index in [1.165, 1.54) is 5.56 Å². The molecule has 0 bridgehead atoms. The Morgan fingerprint density at radius 2 is 1.70 bits per heavy atom. The number of benzene rings is 2. The first-order valence-corrected chi connectivity index (χ1v) is 9.68. The van der Waals surface area contributed by atoms with Crippen molar-refractivity contribution in [2.75, 3.05) is 25.5 Å². The highest BCUT2D eigenvalue weighted by Crippen LogP contribution is 2.20. The summed E-state index contributed by atoms with van der Waals surface area (Å²) in [4.78, 5) is 2.32. The zero-order valence-electron chi connectivity index (χ0n) is 13.3. The average Bonchev–Trinajstić information content (AvgIpc) is 2.52. The summed E-state index contributed by atoms with van der Waals surface area (Å²) >= 11 is 3.27. The Morgan fingerprint density at radius 1 is 1.04 bits per heavy atom. The molecule has 6 heteroatoms. The molecule has 0 saturated carbocycles. The van der Waals surface area contributed by atoms with E-state index in [-0.39, 0.29) is 4.90 Å². The Kier molecular flexibility index (Phi) is 6.21. The Bertz CT molecular complexity index is 743. The van der Waals surface area contributed by atoms with E-state index in [1.54, 1.807) is 24.3 Å². The fraction of sp³-hybridized carbons (Fsp3) is 0.294. The molecule has 2 aromatic rings. The van der Waals surface area contributed by atoms with Crippen molar-refractivity contribution < 1.29 is 8.42 Å². The van der Waals surface area contributed by atoms with E-state index in [2.05, 4.69) is 49.8 Å². The van der Waals surface area contributed by atoms with Crippen molar-refractivity contribution in [1.29, 1.82) is 0 Å². The highest BCUT2D eigenvalue weighted by Gasteiger charge is 2.15. The Hall–Kier alpha value is -1.37. The third-order valence-corrected chi connectivity index (χ3v) is 5.99. The third-order valence-electron chi connectivity index (χ3n) is 3.51. The first-order valence-electron chi connectivity index (χ1n) is 7.40. The molecule has 1 N–H and O–H groups in total. The van der Waals surface area contributed by atoms with E-state index in [0.29, 0.717) is 11.0 Å². The number of aryl methyl sites for hydroxylation is 1. The minimum absolute atomic E-state index is 0.273. The molecule has 0 spiro atoms. The first kappa shape index (κ1) is 18.0. The van der Waals surface area contributed by atoms with Crippen LogP contribution in [0.1, 0.15) is 12.0 Å². The number of halogens is 1. The lowest BCUT2D eigenvalue weighted by molar-refractivity contribution is 0.578. The van der Waals surface area contributed by atoms with Crippen LogP contribution >= 0.6 is 15.9 Å². The summed E-state index contributed by atoms with van der Waals surface area (Å²) in [6, 6.07) is 15.1. The predicted molar refractivity (Wildman–Crippen MR) is 98.4 cm³/mol. The van der Waals surface area contributed by atoms with E-state index in [0.717, 1.165) is 18.5 Å². The summed E-state index contributed by atoms with van der Waals surface area (Å²) in [5, 5.41) is 0. The number of nitrogens with zero attached hydrogens (tertiary/aromatic N) is 1. The van der Waals surface area contributed by atoms with Gasteiger partial charge >= 0.3 is 0 Å². The van der Waals surface area contributed by atoms with Gasteiger partial charge in [-0.3, -0.25) is 0 Å². The third kappa shape index (κ3) is 5.06. The van der Waals surface area contributed by atoms with Crippen molar-refractivity contribution >= 4 is 31.6 Å². The van der Waals surface area contributed by atoms with Gasteiger partial charge in [-0.2, -0.15) is 0 Å². The topological polar surface area (TPSA) is 49.4 Å². The lowest BCUT2D eigenvalue weighted by Crippen LogP contribution is -2.25. The van der Waals surface area contributed by atoms with E-state index >= 15 is 0 Å². The highest BCUT2D eigenvalue weighted by molar-refractivity contribution is 9.10. The van der Waals surface area contributed by atoms with Gasteiger partial charge in [0, 0.05) is 30.8 Å². The zero-order chi connectivity index (χ0) is 16.9. The predicted octanol–water partition coefficient (Wildman–Crippen LogP) is 3.43. The SMILES string of the molecule is CN(C)c1ccc(CCCNS(=O)(=O)c2ccccc2Br)cc1. The molecule has 0 amide bonds. The quantitative estimate of drug-likeness (QED) is 0.729. The zero-order valence-corrected chi connectivity index (χ0v) is 15.7. The molecule has 0 aliphatic carbocycles. The number of sulfonamides is 1. The summed E-state index contributed by atoms with van der Waals surface area (Å²) < 4.78 is 27.7. The summed E-state index contributed by atoms with van der Waals surface area (Å²) in [6.07, 6.45) is 1.59. The van der Waals surface area contributed by atoms with Crippen molar-refractivity contribution in [1.82, 2.24) is 4.72 Å². The molecule has 0 aliphatic heterocycles. The number of nitrogens with one attached hydrogen (secondary N) is 1. The van der Waals surface area contributed by atoms with Gasteiger partial charge in [0.2, 0.25) is 10.0 Å². The second-order valence-corrected chi connectivity index (χ2v) is 8.08. The van der Waals surface area contributed by atoms with Gasteiger partial charge in [-0.25, -0.2) is 13.1 Å². The monoisotopic (exact) mass is 396 g/mol. The molecule has 0 saturated heterocycles. The van der Waals surface area contributed by atoms with Gasteiger partial charge in [-0.05, 0) is 58.6 Å². The van der Waals surface area contributed by atoms with E-state index < -0.39 is 10.0 Å². The van der Waals surface area contributed by atoms with Gasteiger partial charge in [-0.1, -0.05) is 24.3 Å². The van der Waals surface area contributed by atoms with Gasteiger partial charge in [0.25, 0.3) is 0 Å². The molecule has 124 valence electrons. The summed E-state index contributed by atoms with van der Waals surface area (Å²) in [5.74, 6) is 0. The van der Waals surface area contributed by atoms with Crippen molar-refractivity contribution in [2.24, 2.45) is 0 Å². The molecular weight excluding hydrogens is 376 g/mol. The van der Waals surface area contributed by atoms with Crippen molar-refractivity contribution in [3.05, 3.63) is 58.6 Å². The summed E-state index contributed by atoms with van der Waals surface area (Å²) in [6.45, 7) is 0.416. The molecule has 2 rings (SSSR count). The molecular formula is C17H21BrN2O2S. The van der Waals surface area contributed by atoms with Crippen molar-refractivity contribution in [3.63, 3.8) is 0 Å². The van der Waals surface area contributed by atoms with E-state index in [1.807, 2.05) is 14.1 Å². The number of rotatable bonds is 7. The lowest BCUT2D eigenvalue weighted by Gasteiger charge is -2.12. The van der Waals surface area contributed by atoms with Crippen LogP contribution in [-0.4, -0.2) is 29.1 Å². The van der Waals surface area contributed by atoms with Crippen LogP contribution in [0.4, 0.5) is 5.69 Å². The van der Waals surface area contributed by atoms with E-state index in [4.69, 9.17) is 0 Å². The summed E-state index contributed by atoms with van der Waals surface area (Å²) in [5.41, 5.74) is 2.36. The lowest BCUT2D eigenvalue weighted by atomic mass is 10.1. The standard InChI is InChI=1S/C17H21BrN2O2S/c1-20(2)15-11-9-14(10-12-15)6-5-13-19-23(21,22)17-8-4-3-7-16(17)18/h3-4,7-12,19H,5-6,13H2,1-2H3. The normalized spacial score (nSPS) is 11.4. The maximum Gasteiger partial charge on any atom is 0.241 e. The molecule has 0 aliphatic rings. The molecule has 0 radical (unpaired) electrons. The van der Waals surface area contributed by atoms with Crippen molar-refractivity contribution in [2.45, 2.75) is 17.7 Å². The fourth-order valence-electron chi connectivity index (χ4n) is 2.20. The number of hydrogen-bond acceptors (Lipinski definition) is 3. The van der Waals surface area contributed by atoms with Gasteiger partial charge < -0.3 is 4.90 Å². The van der Waals surface area contributed by atoms with Crippen LogP contribution in [-0.2, 0) is 16.4 Å². The van der Waals surface area contributed by atoms with Crippen LogP contribution in [0.2, 0.25) is 0 Å². The fourth-order valence-corrected chi connectivity index (χ4v) is 4.28. The van der Waals surface area contributed by atoms with Crippen LogP contribution in [0.3, 0.4) is 0 Å².